The van der Waals surface area contributed by atoms with Crippen LogP contribution in [0.4, 0.5) is 23.8 Å². The highest BCUT2D eigenvalue weighted by atomic mass is 19.1. The summed E-state index contributed by atoms with van der Waals surface area (Å²) in [5.41, 5.74) is 5.03. The fourth-order valence-electron chi connectivity index (χ4n) is 5.38. The molecule has 0 aliphatic carbocycles. The van der Waals surface area contributed by atoms with Gasteiger partial charge < -0.3 is 4.57 Å². The van der Waals surface area contributed by atoms with E-state index in [9.17, 15) is 22.8 Å². The molecule has 1 saturated heterocycles. The SMILES string of the molecule is Cn1c(N2CCC(=O)NC2=O)cnc1-c1ccc2c(c1)CN(Cc1ccc(Cc3c(F)cc(F)cc3F)cc1)C2. The Morgan fingerprint density at radius 3 is 2.33 bits per heavy atom. The van der Waals surface area contributed by atoms with Crippen LogP contribution in [0, 0.1) is 17.5 Å². The topological polar surface area (TPSA) is 70.5 Å². The van der Waals surface area contributed by atoms with Crippen molar-refractivity contribution in [2.24, 2.45) is 7.05 Å². The summed E-state index contributed by atoms with van der Waals surface area (Å²) in [5.74, 6) is -1.63. The first-order valence-corrected chi connectivity index (χ1v) is 12.9. The number of urea groups is 1. The molecule has 3 aromatic carbocycles. The molecule has 7 nitrogen and oxygen atoms in total. The van der Waals surface area contributed by atoms with E-state index in [1.807, 2.05) is 41.9 Å². The lowest BCUT2D eigenvalue weighted by atomic mass is 10.0. The molecule has 0 radical (unpaired) electrons. The highest BCUT2D eigenvalue weighted by molar-refractivity contribution is 6.05. The molecule has 10 heteroatoms. The molecular weight excluding hydrogens is 519 g/mol. The van der Waals surface area contributed by atoms with E-state index in [1.165, 1.54) is 16.0 Å². The lowest BCUT2D eigenvalue weighted by Gasteiger charge is -2.26. The molecule has 6 rings (SSSR count). The Kier molecular flexibility index (Phi) is 6.63. The van der Waals surface area contributed by atoms with Crippen LogP contribution in [0.25, 0.3) is 11.4 Å². The number of imide groups is 1. The van der Waals surface area contributed by atoms with Crippen LogP contribution in [-0.2, 0) is 37.9 Å². The molecule has 2 aliphatic heterocycles. The minimum absolute atomic E-state index is 0.0472. The maximum atomic E-state index is 14.0. The van der Waals surface area contributed by atoms with Gasteiger partial charge in [-0.15, -0.1) is 0 Å². The second-order valence-electron chi connectivity index (χ2n) is 10.2. The van der Waals surface area contributed by atoms with Crippen molar-refractivity contribution in [1.29, 1.82) is 0 Å². The molecule has 3 amide bonds. The van der Waals surface area contributed by atoms with Gasteiger partial charge in [0, 0.05) is 69.3 Å². The van der Waals surface area contributed by atoms with Crippen molar-refractivity contribution < 1.29 is 22.8 Å². The summed E-state index contributed by atoms with van der Waals surface area (Å²) in [7, 11) is 1.85. The second kappa shape index (κ2) is 10.3. The molecule has 4 aromatic rings. The third-order valence-corrected chi connectivity index (χ3v) is 7.46. The molecular formula is C30H26F3N5O2. The summed E-state index contributed by atoms with van der Waals surface area (Å²) in [6, 6.07) is 14.8. The van der Waals surface area contributed by atoms with Crippen molar-refractivity contribution in [2.45, 2.75) is 32.5 Å². The fourth-order valence-corrected chi connectivity index (χ4v) is 5.38. The summed E-state index contributed by atoms with van der Waals surface area (Å²) in [6.45, 7) is 2.56. The number of nitrogens with zero attached hydrogens (tertiary/aromatic N) is 4. The minimum Gasteiger partial charge on any atom is -0.314 e. The number of anilines is 1. The van der Waals surface area contributed by atoms with Crippen molar-refractivity contribution in [2.75, 3.05) is 11.4 Å². The number of carbonyl (C=O) groups is 2. The van der Waals surface area contributed by atoms with E-state index >= 15 is 0 Å². The van der Waals surface area contributed by atoms with Crippen LogP contribution in [0.15, 0.2) is 60.8 Å². The van der Waals surface area contributed by atoms with E-state index in [-0.39, 0.29) is 24.3 Å². The predicted molar refractivity (Wildman–Crippen MR) is 143 cm³/mol. The van der Waals surface area contributed by atoms with Crippen molar-refractivity contribution in [3.05, 3.63) is 106 Å². The number of hydrogen-bond donors (Lipinski definition) is 1. The normalized spacial score (nSPS) is 15.4. The molecule has 3 heterocycles. The monoisotopic (exact) mass is 545 g/mol. The Bertz CT molecular complexity index is 1610. The van der Waals surface area contributed by atoms with E-state index in [0.29, 0.717) is 31.0 Å². The number of carbonyl (C=O) groups excluding carboxylic acids is 2. The van der Waals surface area contributed by atoms with E-state index in [1.54, 1.807) is 6.20 Å². The zero-order chi connectivity index (χ0) is 28.0. The van der Waals surface area contributed by atoms with Crippen LogP contribution < -0.4 is 10.2 Å². The van der Waals surface area contributed by atoms with Crippen LogP contribution in [0.2, 0.25) is 0 Å². The third-order valence-electron chi connectivity index (χ3n) is 7.46. The minimum atomic E-state index is -0.928. The summed E-state index contributed by atoms with van der Waals surface area (Å²) >= 11 is 0. The van der Waals surface area contributed by atoms with Crippen molar-refractivity contribution in [1.82, 2.24) is 19.8 Å². The molecule has 1 N–H and O–H groups in total. The molecule has 40 heavy (non-hydrogen) atoms. The Labute approximate surface area is 228 Å². The van der Waals surface area contributed by atoms with Crippen LogP contribution in [0.3, 0.4) is 0 Å². The fraction of sp³-hybridized carbons (Fsp3) is 0.233. The molecule has 1 fully saturated rings. The van der Waals surface area contributed by atoms with Gasteiger partial charge in [-0.05, 0) is 28.3 Å². The second-order valence-corrected chi connectivity index (χ2v) is 10.2. The number of halogens is 3. The first-order valence-electron chi connectivity index (χ1n) is 12.9. The smallest absolute Gasteiger partial charge is 0.314 e. The summed E-state index contributed by atoms with van der Waals surface area (Å²) in [5, 5.41) is 2.34. The van der Waals surface area contributed by atoms with Gasteiger partial charge in [-0.1, -0.05) is 36.4 Å². The zero-order valence-corrected chi connectivity index (χ0v) is 21.8. The van der Waals surface area contributed by atoms with Gasteiger partial charge >= 0.3 is 6.03 Å². The van der Waals surface area contributed by atoms with Gasteiger partial charge in [-0.25, -0.2) is 22.9 Å². The van der Waals surface area contributed by atoms with Crippen molar-refractivity contribution >= 4 is 17.8 Å². The summed E-state index contributed by atoms with van der Waals surface area (Å²) < 4.78 is 43.1. The first-order chi connectivity index (χ1) is 19.2. The number of aromatic nitrogens is 2. The highest BCUT2D eigenvalue weighted by Crippen LogP contribution is 2.31. The third kappa shape index (κ3) is 4.98. The van der Waals surface area contributed by atoms with Crippen molar-refractivity contribution in [3.63, 3.8) is 0 Å². The quantitative estimate of drug-likeness (QED) is 0.368. The van der Waals surface area contributed by atoms with Gasteiger partial charge in [-0.3, -0.25) is 19.9 Å². The molecule has 204 valence electrons. The lowest BCUT2D eigenvalue weighted by molar-refractivity contribution is -0.120. The van der Waals surface area contributed by atoms with E-state index in [0.717, 1.165) is 35.6 Å². The average Bonchev–Trinajstić information content (AvgIpc) is 3.49. The van der Waals surface area contributed by atoms with E-state index in [2.05, 4.69) is 27.3 Å². The van der Waals surface area contributed by atoms with Crippen LogP contribution in [-0.4, -0.2) is 32.9 Å². The van der Waals surface area contributed by atoms with Gasteiger partial charge in [-0.2, -0.15) is 0 Å². The maximum Gasteiger partial charge on any atom is 0.329 e. The number of imidazole rings is 1. The number of fused-ring (bicyclic) bond motifs is 1. The van der Waals surface area contributed by atoms with E-state index < -0.39 is 23.5 Å². The summed E-state index contributed by atoms with van der Waals surface area (Å²) in [4.78, 5) is 32.2. The Balaban J connectivity index is 1.12. The molecule has 0 saturated carbocycles. The summed E-state index contributed by atoms with van der Waals surface area (Å²) in [6.07, 6.45) is 1.94. The predicted octanol–water partition coefficient (Wildman–Crippen LogP) is 5.06. The molecule has 2 aliphatic rings. The number of amides is 3. The molecule has 0 bridgehead atoms. The number of hydrogen-bond acceptors (Lipinski definition) is 4. The van der Waals surface area contributed by atoms with Gasteiger partial charge in [0.25, 0.3) is 0 Å². The molecule has 0 spiro atoms. The zero-order valence-electron chi connectivity index (χ0n) is 21.8. The average molecular weight is 546 g/mol. The highest BCUT2D eigenvalue weighted by Gasteiger charge is 2.27. The lowest BCUT2D eigenvalue weighted by Crippen LogP contribution is -2.50. The van der Waals surface area contributed by atoms with Crippen molar-refractivity contribution in [3.8, 4) is 11.4 Å². The Morgan fingerprint density at radius 2 is 1.60 bits per heavy atom. The number of benzene rings is 3. The first kappa shape index (κ1) is 25.8. The van der Waals surface area contributed by atoms with Gasteiger partial charge in [0.15, 0.2) is 0 Å². The van der Waals surface area contributed by atoms with Crippen LogP contribution in [0.1, 0.15) is 34.2 Å². The van der Waals surface area contributed by atoms with E-state index in [4.69, 9.17) is 0 Å². The number of rotatable bonds is 6. The van der Waals surface area contributed by atoms with Gasteiger partial charge in [0.1, 0.15) is 29.1 Å². The number of nitrogens with one attached hydrogen (secondary N) is 1. The molecule has 1 aromatic heterocycles. The van der Waals surface area contributed by atoms with Gasteiger partial charge in [0.2, 0.25) is 5.91 Å². The maximum absolute atomic E-state index is 14.0. The Morgan fingerprint density at radius 1 is 0.900 bits per heavy atom. The standard InChI is InChI=1S/C30H26F3N5O2/c1-36-28(38-9-8-27(39)35-30(38)40)14-34-29(36)20-6-7-21-16-37(17-22(21)11-20)15-19-4-2-18(3-5-19)10-24-25(32)12-23(31)13-26(24)33/h2-7,11-14H,8-10,15-17H2,1H3,(H,35,39,40). The largest absolute Gasteiger partial charge is 0.329 e. The Hall–Kier alpha value is -4.44. The molecule has 0 unspecified atom stereocenters. The van der Waals surface area contributed by atoms with Crippen LogP contribution >= 0.6 is 0 Å². The molecule has 0 atom stereocenters. The van der Waals surface area contributed by atoms with Gasteiger partial charge in [0.05, 0.1) is 6.20 Å². The van der Waals surface area contributed by atoms with Crippen LogP contribution in [0.5, 0.6) is 0 Å².